The van der Waals surface area contributed by atoms with Crippen LogP contribution in [0.5, 0.6) is 0 Å². The Morgan fingerprint density at radius 2 is 0.639 bits per heavy atom. The second-order valence-corrected chi connectivity index (χ2v) is 15.6. The van der Waals surface area contributed by atoms with Crippen LogP contribution in [0.25, 0.3) is 0 Å². The van der Waals surface area contributed by atoms with Gasteiger partial charge < -0.3 is 14.2 Å². The zero-order chi connectivity index (χ0) is 44.4. The molecule has 0 bridgehead atoms. The second-order valence-electron chi connectivity index (χ2n) is 15.6. The summed E-state index contributed by atoms with van der Waals surface area (Å²) in [7, 11) is 0. The molecular weight excluding hydrogens is 757 g/mol. The number of allylic oxidation sites excluding steroid dienone is 18. The van der Waals surface area contributed by atoms with Gasteiger partial charge in [0.25, 0.3) is 0 Å². The van der Waals surface area contributed by atoms with Gasteiger partial charge in [-0.15, -0.1) is 0 Å². The summed E-state index contributed by atoms with van der Waals surface area (Å²) in [5.41, 5.74) is 0. The fourth-order valence-corrected chi connectivity index (χ4v) is 6.16. The van der Waals surface area contributed by atoms with Gasteiger partial charge >= 0.3 is 17.9 Å². The maximum atomic E-state index is 12.7. The lowest BCUT2D eigenvalue weighted by molar-refractivity contribution is -0.167. The highest BCUT2D eigenvalue weighted by Crippen LogP contribution is 2.13. The number of esters is 3. The van der Waals surface area contributed by atoms with Crippen molar-refractivity contribution in [2.24, 2.45) is 0 Å². The van der Waals surface area contributed by atoms with Gasteiger partial charge in [-0.3, -0.25) is 14.4 Å². The molecule has 0 aromatic carbocycles. The van der Waals surface area contributed by atoms with Crippen LogP contribution >= 0.6 is 0 Å². The minimum absolute atomic E-state index is 0.0992. The van der Waals surface area contributed by atoms with Crippen LogP contribution in [0.4, 0.5) is 0 Å². The summed E-state index contributed by atoms with van der Waals surface area (Å²) in [6, 6.07) is 0. The van der Waals surface area contributed by atoms with E-state index in [-0.39, 0.29) is 31.1 Å². The lowest BCUT2D eigenvalue weighted by Crippen LogP contribution is -2.30. The highest BCUT2D eigenvalue weighted by Gasteiger charge is 2.19. The molecule has 0 aromatic rings. The van der Waals surface area contributed by atoms with E-state index in [2.05, 4.69) is 130 Å². The third kappa shape index (κ3) is 47.0. The van der Waals surface area contributed by atoms with E-state index in [0.717, 1.165) is 135 Å². The van der Waals surface area contributed by atoms with Crippen LogP contribution in [0.15, 0.2) is 109 Å². The number of hydrogen-bond acceptors (Lipinski definition) is 6. The van der Waals surface area contributed by atoms with Gasteiger partial charge in [0.05, 0.1) is 0 Å². The van der Waals surface area contributed by atoms with Crippen molar-refractivity contribution in [3.05, 3.63) is 109 Å². The van der Waals surface area contributed by atoms with Crippen LogP contribution in [-0.4, -0.2) is 37.2 Å². The molecule has 0 fully saturated rings. The summed E-state index contributed by atoms with van der Waals surface area (Å²) < 4.78 is 16.6. The van der Waals surface area contributed by atoms with E-state index < -0.39 is 6.10 Å². The molecule has 0 aliphatic heterocycles. The molecule has 0 heterocycles. The van der Waals surface area contributed by atoms with Crippen LogP contribution < -0.4 is 0 Å². The van der Waals surface area contributed by atoms with Gasteiger partial charge in [0.1, 0.15) is 13.2 Å². The SMILES string of the molecule is CC/C=C\C/C=C\C/C=C\C/C=C\C/C=C\C/C=C\CCCCC(=O)OCC(COC(=O)CCCCCCC)OC(=O)CCCCCCCCC/C=C\C/C=C\C/C=C\CC. The Kier molecular flexibility index (Phi) is 45.6. The molecule has 0 amide bonds. The molecule has 61 heavy (non-hydrogen) atoms. The maximum Gasteiger partial charge on any atom is 0.306 e. The van der Waals surface area contributed by atoms with Crippen molar-refractivity contribution in [3.63, 3.8) is 0 Å². The Labute approximate surface area is 374 Å². The molecule has 1 unspecified atom stereocenters. The largest absolute Gasteiger partial charge is 0.462 e. The zero-order valence-corrected chi connectivity index (χ0v) is 39.1. The zero-order valence-electron chi connectivity index (χ0n) is 39.1. The van der Waals surface area contributed by atoms with Crippen molar-refractivity contribution in [2.75, 3.05) is 13.2 Å². The van der Waals surface area contributed by atoms with Crippen molar-refractivity contribution in [1.29, 1.82) is 0 Å². The van der Waals surface area contributed by atoms with Crippen molar-refractivity contribution >= 4 is 17.9 Å². The Morgan fingerprint density at radius 3 is 1.03 bits per heavy atom. The van der Waals surface area contributed by atoms with Crippen molar-refractivity contribution in [1.82, 2.24) is 0 Å². The number of ether oxygens (including phenoxy) is 3. The second kappa shape index (κ2) is 48.7. The fourth-order valence-electron chi connectivity index (χ4n) is 6.16. The molecule has 6 heteroatoms. The molecule has 0 N–H and O–H groups in total. The first-order valence-electron chi connectivity index (χ1n) is 24.4. The molecular formula is C55H88O6. The Morgan fingerprint density at radius 1 is 0.344 bits per heavy atom. The van der Waals surface area contributed by atoms with Gasteiger partial charge in [-0.25, -0.2) is 0 Å². The molecule has 344 valence electrons. The van der Waals surface area contributed by atoms with E-state index in [1.165, 1.54) is 25.7 Å². The summed E-state index contributed by atoms with van der Waals surface area (Å²) in [6.07, 6.45) is 65.3. The van der Waals surface area contributed by atoms with E-state index in [1.807, 2.05) is 0 Å². The van der Waals surface area contributed by atoms with E-state index in [0.29, 0.717) is 19.3 Å². The number of rotatable bonds is 42. The lowest BCUT2D eigenvalue weighted by Gasteiger charge is -2.18. The molecule has 0 aliphatic rings. The summed E-state index contributed by atoms with van der Waals surface area (Å²) in [5.74, 6) is -0.977. The van der Waals surface area contributed by atoms with E-state index in [1.54, 1.807) is 0 Å². The lowest BCUT2D eigenvalue weighted by atomic mass is 10.1. The maximum absolute atomic E-state index is 12.7. The number of carbonyl (C=O) groups excluding carboxylic acids is 3. The first-order chi connectivity index (χ1) is 30.0. The molecule has 0 aromatic heterocycles. The third-order valence-electron chi connectivity index (χ3n) is 9.77. The first-order valence-corrected chi connectivity index (χ1v) is 24.4. The van der Waals surface area contributed by atoms with Gasteiger partial charge in [-0.2, -0.15) is 0 Å². The van der Waals surface area contributed by atoms with Crippen LogP contribution in [0.2, 0.25) is 0 Å². The average Bonchev–Trinajstić information content (AvgIpc) is 3.26. The van der Waals surface area contributed by atoms with E-state index >= 15 is 0 Å². The quantitative estimate of drug-likeness (QED) is 0.0264. The molecule has 0 aliphatic carbocycles. The predicted molar refractivity (Wildman–Crippen MR) is 260 cm³/mol. The van der Waals surface area contributed by atoms with Gasteiger partial charge in [0.2, 0.25) is 0 Å². The average molecular weight is 845 g/mol. The van der Waals surface area contributed by atoms with Gasteiger partial charge in [0.15, 0.2) is 6.10 Å². The van der Waals surface area contributed by atoms with Gasteiger partial charge in [0, 0.05) is 19.3 Å². The molecule has 6 nitrogen and oxygen atoms in total. The van der Waals surface area contributed by atoms with Crippen molar-refractivity contribution < 1.29 is 28.6 Å². The smallest absolute Gasteiger partial charge is 0.306 e. The monoisotopic (exact) mass is 845 g/mol. The van der Waals surface area contributed by atoms with Gasteiger partial charge in [-0.1, -0.05) is 188 Å². The molecule has 1 atom stereocenters. The minimum atomic E-state index is -0.799. The standard InChI is InChI=1S/C55H88O6/c1-4-7-10-13-15-17-19-21-23-25-26-27-28-30-31-33-35-37-39-42-45-48-54(57)60-51-52(50-59-53(56)47-44-41-12-9-6-3)61-55(58)49-46-43-40-38-36-34-32-29-24-22-20-18-16-14-11-8-5-2/h7-8,10-11,15-18,21-24,26-27,30-31,35,37,52H,4-6,9,12-14,19-20,25,28-29,32-34,36,38-51H2,1-3H3/b10-7-,11-8-,17-15-,18-16-,23-21-,24-22-,27-26-,31-30-,37-35-. The topological polar surface area (TPSA) is 78.9 Å². The fraction of sp³-hybridized carbons (Fsp3) is 0.618. The minimum Gasteiger partial charge on any atom is -0.462 e. The molecule has 0 spiro atoms. The molecule has 0 rings (SSSR count). The number of carbonyl (C=O) groups is 3. The van der Waals surface area contributed by atoms with Crippen LogP contribution in [0, 0.1) is 0 Å². The van der Waals surface area contributed by atoms with Crippen LogP contribution in [-0.2, 0) is 28.6 Å². The normalized spacial score (nSPS) is 13.0. The van der Waals surface area contributed by atoms with Crippen molar-refractivity contribution in [2.45, 2.75) is 207 Å². The Bertz CT molecular complexity index is 1290. The Balaban J connectivity index is 4.31. The summed E-state index contributed by atoms with van der Waals surface area (Å²) >= 11 is 0. The molecule has 0 saturated heterocycles. The van der Waals surface area contributed by atoms with E-state index in [4.69, 9.17) is 14.2 Å². The van der Waals surface area contributed by atoms with Gasteiger partial charge in [-0.05, 0) is 103 Å². The first kappa shape index (κ1) is 57.1. The highest BCUT2D eigenvalue weighted by atomic mass is 16.6. The van der Waals surface area contributed by atoms with Crippen molar-refractivity contribution in [3.8, 4) is 0 Å². The molecule has 0 saturated carbocycles. The van der Waals surface area contributed by atoms with Crippen LogP contribution in [0.3, 0.4) is 0 Å². The number of hydrogen-bond donors (Lipinski definition) is 0. The predicted octanol–water partition coefficient (Wildman–Crippen LogP) is 16.0. The summed E-state index contributed by atoms with van der Waals surface area (Å²) in [5, 5.41) is 0. The molecule has 0 radical (unpaired) electrons. The van der Waals surface area contributed by atoms with E-state index in [9.17, 15) is 14.4 Å². The Hall–Kier alpha value is -3.93. The number of unbranched alkanes of at least 4 members (excludes halogenated alkanes) is 13. The van der Waals surface area contributed by atoms with Crippen LogP contribution in [0.1, 0.15) is 201 Å². The summed E-state index contributed by atoms with van der Waals surface area (Å²) in [6.45, 7) is 6.26. The third-order valence-corrected chi connectivity index (χ3v) is 9.77. The summed E-state index contributed by atoms with van der Waals surface area (Å²) in [4.78, 5) is 37.6. The highest BCUT2D eigenvalue weighted by molar-refractivity contribution is 5.71.